The number of benzene rings is 3. The lowest BCUT2D eigenvalue weighted by Crippen LogP contribution is -2.41. The van der Waals surface area contributed by atoms with Gasteiger partial charge in [-0.25, -0.2) is 8.42 Å². The number of carbonyl (C=O) groups excluding carboxylic acids is 1. The van der Waals surface area contributed by atoms with E-state index in [9.17, 15) is 13.2 Å². The van der Waals surface area contributed by atoms with Gasteiger partial charge in [-0.3, -0.25) is 4.79 Å². The second-order valence-electron chi connectivity index (χ2n) is 7.57. The van der Waals surface area contributed by atoms with E-state index in [1.165, 1.54) is 21.3 Å². The van der Waals surface area contributed by atoms with Crippen molar-refractivity contribution < 1.29 is 13.2 Å². The van der Waals surface area contributed by atoms with E-state index in [0.717, 1.165) is 21.2 Å². The minimum absolute atomic E-state index is 0.0437. The highest BCUT2D eigenvalue weighted by Gasteiger charge is 2.28. The number of carbonyl (C=O) groups is 1. The summed E-state index contributed by atoms with van der Waals surface area (Å²) in [6.45, 7) is 3.72. The highest BCUT2D eigenvalue weighted by atomic mass is 79.9. The van der Waals surface area contributed by atoms with Crippen LogP contribution in [0.15, 0.2) is 76.1 Å². The molecule has 0 heterocycles. The van der Waals surface area contributed by atoms with Crippen LogP contribution < -0.4 is 4.90 Å². The SMILES string of the molecule is Cc1ccc(N(C)C(=O)CN(Cc2ccc(Cl)cc2)S(=O)(=O)c2ccc(Br)cc2)cc1C. The average Bonchev–Trinajstić information content (AvgIpc) is 2.76. The third-order valence-corrected chi connectivity index (χ3v) is 7.87. The molecule has 0 saturated carbocycles. The zero-order valence-electron chi connectivity index (χ0n) is 18.0. The van der Waals surface area contributed by atoms with Crippen LogP contribution in [0.25, 0.3) is 0 Å². The molecule has 3 aromatic rings. The van der Waals surface area contributed by atoms with Gasteiger partial charge in [0.05, 0.1) is 11.4 Å². The molecule has 0 atom stereocenters. The smallest absolute Gasteiger partial charge is 0.243 e. The van der Waals surface area contributed by atoms with E-state index in [1.54, 1.807) is 43.4 Å². The van der Waals surface area contributed by atoms with Gasteiger partial charge in [-0.2, -0.15) is 4.31 Å². The van der Waals surface area contributed by atoms with Crippen molar-refractivity contribution in [3.05, 3.63) is 92.9 Å². The molecule has 3 rings (SSSR count). The molecule has 0 fully saturated rings. The number of hydrogen-bond acceptors (Lipinski definition) is 3. The first-order valence-electron chi connectivity index (χ1n) is 9.92. The van der Waals surface area contributed by atoms with Gasteiger partial charge in [0.25, 0.3) is 0 Å². The van der Waals surface area contributed by atoms with Gasteiger partial charge in [0.2, 0.25) is 15.9 Å². The van der Waals surface area contributed by atoms with Gasteiger partial charge in [-0.15, -0.1) is 0 Å². The minimum atomic E-state index is -3.92. The molecule has 0 saturated heterocycles. The number of aryl methyl sites for hydroxylation is 2. The second-order valence-corrected chi connectivity index (χ2v) is 10.9. The summed E-state index contributed by atoms with van der Waals surface area (Å²) in [6.07, 6.45) is 0. The Hall–Kier alpha value is -2.19. The third kappa shape index (κ3) is 5.78. The molecule has 8 heteroatoms. The molecule has 5 nitrogen and oxygen atoms in total. The monoisotopic (exact) mass is 534 g/mol. The Morgan fingerprint density at radius 3 is 2.16 bits per heavy atom. The van der Waals surface area contributed by atoms with Crippen LogP contribution in [-0.2, 0) is 21.4 Å². The van der Waals surface area contributed by atoms with Gasteiger partial charge >= 0.3 is 0 Å². The van der Waals surface area contributed by atoms with Crippen LogP contribution in [0, 0.1) is 13.8 Å². The molecule has 0 aliphatic heterocycles. The summed E-state index contributed by atoms with van der Waals surface area (Å²) in [7, 11) is -2.27. The summed E-state index contributed by atoms with van der Waals surface area (Å²) < 4.78 is 28.8. The number of rotatable bonds is 7. The lowest BCUT2D eigenvalue weighted by atomic mass is 10.1. The van der Waals surface area contributed by atoms with Crippen molar-refractivity contribution in [2.24, 2.45) is 0 Å². The summed E-state index contributed by atoms with van der Waals surface area (Å²) in [5.74, 6) is -0.331. The predicted molar refractivity (Wildman–Crippen MR) is 133 cm³/mol. The Morgan fingerprint density at radius 1 is 0.938 bits per heavy atom. The fourth-order valence-corrected chi connectivity index (χ4v) is 4.88. The van der Waals surface area contributed by atoms with Crippen LogP contribution in [-0.4, -0.2) is 32.2 Å². The lowest BCUT2D eigenvalue weighted by molar-refractivity contribution is -0.118. The Kier molecular flexibility index (Phi) is 7.77. The van der Waals surface area contributed by atoms with Gasteiger partial charge in [0.1, 0.15) is 0 Å². The summed E-state index contributed by atoms with van der Waals surface area (Å²) in [5, 5.41) is 0.557. The van der Waals surface area contributed by atoms with Gasteiger partial charge in [0, 0.05) is 28.8 Å². The van der Waals surface area contributed by atoms with E-state index in [1.807, 2.05) is 32.0 Å². The molecule has 0 radical (unpaired) electrons. The lowest BCUT2D eigenvalue weighted by Gasteiger charge is -2.25. The van der Waals surface area contributed by atoms with Crippen LogP contribution in [0.1, 0.15) is 16.7 Å². The topological polar surface area (TPSA) is 57.7 Å². The first kappa shape index (κ1) is 24.5. The maximum atomic E-state index is 13.4. The normalized spacial score (nSPS) is 11.6. The first-order chi connectivity index (χ1) is 15.1. The number of nitrogens with zero attached hydrogens (tertiary/aromatic N) is 2. The molecule has 0 spiro atoms. The molecule has 3 aromatic carbocycles. The Labute approximate surface area is 202 Å². The molecule has 0 N–H and O–H groups in total. The molecule has 168 valence electrons. The summed E-state index contributed by atoms with van der Waals surface area (Å²) in [4.78, 5) is 14.7. The minimum Gasteiger partial charge on any atom is -0.314 e. The Morgan fingerprint density at radius 2 is 1.56 bits per heavy atom. The van der Waals surface area contributed by atoms with Gasteiger partial charge < -0.3 is 4.90 Å². The summed E-state index contributed by atoms with van der Waals surface area (Å²) >= 11 is 9.29. The zero-order valence-corrected chi connectivity index (χ0v) is 21.2. The van der Waals surface area contributed by atoms with E-state index in [4.69, 9.17) is 11.6 Å². The van der Waals surface area contributed by atoms with Crippen LogP contribution in [0.5, 0.6) is 0 Å². The number of amides is 1. The Bertz CT molecular complexity index is 1210. The Balaban J connectivity index is 1.92. The van der Waals surface area contributed by atoms with Gasteiger partial charge in [-0.05, 0) is 79.1 Å². The fraction of sp³-hybridized carbons (Fsp3) is 0.208. The van der Waals surface area contributed by atoms with Crippen molar-refractivity contribution in [3.63, 3.8) is 0 Å². The van der Waals surface area contributed by atoms with Crippen molar-refractivity contribution in [2.75, 3.05) is 18.5 Å². The molecule has 32 heavy (non-hydrogen) atoms. The molecular formula is C24H24BrClN2O3S. The van der Waals surface area contributed by atoms with E-state index in [0.29, 0.717) is 10.7 Å². The summed E-state index contributed by atoms with van der Waals surface area (Å²) in [5.41, 5.74) is 3.63. The van der Waals surface area contributed by atoms with E-state index < -0.39 is 10.0 Å². The van der Waals surface area contributed by atoms with E-state index >= 15 is 0 Å². The van der Waals surface area contributed by atoms with Crippen molar-refractivity contribution in [1.82, 2.24) is 4.31 Å². The number of likely N-dealkylation sites (N-methyl/N-ethyl adjacent to an activating group) is 1. The second kappa shape index (κ2) is 10.2. The molecule has 0 aliphatic rings. The van der Waals surface area contributed by atoms with Crippen molar-refractivity contribution in [1.29, 1.82) is 0 Å². The zero-order chi connectivity index (χ0) is 23.5. The van der Waals surface area contributed by atoms with Crippen molar-refractivity contribution in [3.8, 4) is 0 Å². The fourth-order valence-electron chi connectivity index (χ4n) is 3.11. The average molecular weight is 536 g/mol. The number of anilines is 1. The van der Waals surface area contributed by atoms with Gasteiger partial charge in [-0.1, -0.05) is 45.7 Å². The number of sulfonamides is 1. The molecular weight excluding hydrogens is 512 g/mol. The maximum absolute atomic E-state index is 13.4. The quantitative estimate of drug-likeness (QED) is 0.397. The third-order valence-electron chi connectivity index (χ3n) is 5.29. The van der Waals surface area contributed by atoms with E-state index in [2.05, 4.69) is 15.9 Å². The van der Waals surface area contributed by atoms with Crippen molar-refractivity contribution in [2.45, 2.75) is 25.3 Å². The number of halogens is 2. The molecule has 0 aromatic heterocycles. The maximum Gasteiger partial charge on any atom is 0.243 e. The first-order valence-corrected chi connectivity index (χ1v) is 12.5. The molecule has 0 unspecified atom stereocenters. The largest absolute Gasteiger partial charge is 0.314 e. The summed E-state index contributed by atoms with van der Waals surface area (Å²) in [6, 6.07) is 19.0. The van der Waals surface area contributed by atoms with Crippen LogP contribution in [0.2, 0.25) is 5.02 Å². The highest BCUT2D eigenvalue weighted by Crippen LogP contribution is 2.23. The molecule has 1 amide bonds. The highest BCUT2D eigenvalue weighted by molar-refractivity contribution is 9.10. The predicted octanol–water partition coefficient (Wildman–Crippen LogP) is 5.57. The van der Waals surface area contributed by atoms with Crippen LogP contribution in [0.3, 0.4) is 0 Å². The molecule has 0 bridgehead atoms. The standard InChI is InChI=1S/C24H24BrClN2O3S/c1-17-4-11-22(14-18(17)2)27(3)24(29)16-28(15-19-5-9-21(26)10-6-19)32(30,31)23-12-7-20(25)8-13-23/h4-14H,15-16H2,1-3H3. The molecule has 0 aliphatic carbocycles. The number of hydrogen-bond donors (Lipinski definition) is 0. The van der Waals surface area contributed by atoms with Crippen LogP contribution in [0.4, 0.5) is 5.69 Å². The van der Waals surface area contributed by atoms with Crippen molar-refractivity contribution >= 4 is 49.1 Å². The van der Waals surface area contributed by atoms with Crippen LogP contribution >= 0.6 is 27.5 Å². The van der Waals surface area contributed by atoms with Gasteiger partial charge in [0.15, 0.2) is 0 Å². The van der Waals surface area contributed by atoms with E-state index in [-0.39, 0.29) is 23.9 Å².